The minimum absolute atomic E-state index is 0.281. The number of amides is 3. The first-order valence-electron chi connectivity index (χ1n) is 18.5. The van der Waals surface area contributed by atoms with Gasteiger partial charge in [0.25, 0.3) is 23.0 Å². The molecule has 15 heteroatoms. The zero-order chi connectivity index (χ0) is 43.2. The van der Waals surface area contributed by atoms with Gasteiger partial charge in [0.05, 0.1) is 44.8 Å². The largest absolute Gasteiger partial charge is 0.493 e. The van der Waals surface area contributed by atoms with Gasteiger partial charge < -0.3 is 29.6 Å². The van der Waals surface area contributed by atoms with E-state index in [-0.39, 0.29) is 17.7 Å². The van der Waals surface area contributed by atoms with E-state index in [0.29, 0.717) is 75.8 Å². The van der Waals surface area contributed by atoms with Gasteiger partial charge in [-0.15, -0.1) is 0 Å². The van der Waals surface area contributed by atoms with Crippen molar-refractivity contribution in [3.63, 3.8) is 0 Å². The number of hydrogen-bond acceptors (Lipinski definition) is 11. The predicted molar refractivity (Wildman–Crippen MR) is 226 cm³/mol. The number of halogens is 1. The van der Waals surface area contributed by atoms with Gasteiger partial charge in [-0.1, -0.05) is 6.07 Å². The molecule has 0 spiro atoms. The van der Waals surface area contributed by atoms with E-state index in [1.54, 1.807) is 55.6 Å². The molecule has 1 heterocycles. The number of hydrazone groups is 1. The fraction of sp³-hybridized carbons (Fsp3) is 0.178. The van der Waals surface area contributed by atoms with Gasteiger partial charge in [-0.25, -0.2) is 14.6 Å². The van der Waals surface area contributed by atoms with Crippen LogP contribution in [0.5, 0.6) is 11.5 Å². The van der Waals surface area contributed by atoms with Crippen molar-refractivity contribution >= 4 is 63.6 Å². The van der Waals surface area contributed by atoms with E-state index in [2.05, 4.69) is 25.2 Å². The summed E-state index contributed by atoms with van der Waals surface area (Å²) in [6, 6.07) is 30.7. The molecule has 0 saturated carbocycles. The lowest BCUT2D eigenvalue weighted by Crippen LogP contribution is -2.32. The molecule has 1 aliphatic rings. The second kappa shape index (κ2) is 20.9. The fourth-order valence-electron chi connectivity index (χ4n) is 5.84. The van der Waals surface area contributed by atoms with Crippen molar-refractivity contribution in [3.05, 3.63) is 154 Å². The maximum absolute atomic E-state index is 13.4. The molecule has 0 unspecified atom stereocenters. The normalized spacial score (nSPS) is 11.8. The molecular weight excluding hydrogens is 792 g/mol. The Morgan fingerprint density at radius 2 is 1.18 bits per heavy atom. The number of nitrogens with one attached hydrogen (secondary N) is 2. The number of anilines is 2. The zero-order valence-corrected chi connectivity index (χ0v) is 33.9. The van der Waals surface area contributed by atoms with Crippen molar-refractivity contribution in [3.8, 4) is 11.5 Å². The van der Waals surface area contributed by atoms with Gasteiger partial charge in [-0.3, -0.25) is 19.2 Å². The highest BCUT2D eigenvalue weighted by molar-refractivity contribution is 6.67. The average Bonchev–Trinajstić information content (AvgIpc) is 3.29. The molecule has 5 aromatic carbocycles. The molecule has 0 radical (unpaired) electrons. The summed E-state index contributed by atoms with van der Waals surface area (Å²) in [4.78, 5) is 72.3. The van der Waals surface area contributed by atoms with Crippen molar-refractivity contribution in [1.82, 2.24) is 5.01 Å². The molecule has 0 aromatic heterocycles. The van der Waals surface area contributed by atoms with E-state index in [1.807, 2.05) is 25.1 Å². The molecule has 0 aliphatic carbocycles. The number of nitrogens with zero attached hydrogens (tertiary/aromatic N) is 2. The lowest BCUT2D eigenvalue weighted by atomic mass is 10.0. The summed E-state index contributed by atoms with van der Waals surface area (Å²) in [5, 5.41) is 11.2. The van der Waals surface area contributed by atoms with Crippen LogP contribution in [0.4, 0.5) is 11.4 Å². The Balaban J connectivity index is 0.000000448. The number of methoxy groups -OCH3 is 3. The van der Waals surface area contributed by atoms with Crippen LogP contribution in [-0.2, 0) is 9.47 Å². The van der Waals surface area contributed by atoms with Gasteiger partial charge in [-0.05, 0) is 141 Å². The summed E-state index contributed by atoms with van der Waals surface area (Å²) in [5.74, 6) is -0.715. The topological polar surface area (TPSA) is 179 Å². The third-order valence-electron chi connectivity index (χ3n) is 8.93. The van der Waals surface area contributed by atoms with E-state index in [9.17, 15) is 28.8 Å². The van der Waals surface area contributed by atoms with Gasteiger partial charge in [0, 0.05) is 45.7 Å². The van der Waals surface area contributed by atoms with E-state index in [4.69, 9.17) is 21.1 Å². The maximum Gasteiger partial charge on any atom is 0.337 e. The SMILES string of the molecule is CCOc1cc(C2=NN(C(=O)c3cccc(NC(=O)c4ccc(NC(=O)c5ccc(C(=O)OC)cc5)cc4)c3)CCC2)ccc1OC.COC(=O)c1ccc(C(=O)Cl)cc1. The first-order chi connectivity index (χ1) is 28.9. The van der Waals surface area contributed by atoms with Crippen LogP contribution in [0.15, 0.2) is 120 Å². The quantitative estimate of drug-likeness (QED) is 0.0928. The molecule has 14 nitrogen and oxygen atoms in total. The van der Waals surface area contributed by atoms with Crippen LogP contribution < -0.4 is 20.1 Å². The van der Waals surface area contributed by atoms with Crippen molar-refractivity contribution in [2.24, 2.45) is 5.10 Å². The van der Waals surface area contributed by atoms with Gasteiger partial charge in [-0.2, -0.15) is 5.10 Å². The molecular formula is C45H41ClN4O10. The van der Waals surface area contributed by atoms with Crippen molar-refractivity contribution in [2.45, 2.75) is 19.8 Å². The van der Waals surface area contributed by atoms with Crippen LogP contribution in [0.3, 0.4) is 0 Å². The molecule has 3 amide bonds. The molecule has 2 N–H and O–H groups in total. The fourth-order valence-corrected chi connectivity index (χ4v) is 5.96. The molecule has 5 aromatic rings. The predicted octanol–water partition coefficient (Wildman–Crippen LogP) is 7.88. The van der Waals surface area contributed by atoms with Gasteiger partial charge in [0.1, 0.15) is 0 Å². The number of carbonyl (C=O) groups is 6. The number of carbonyl (C=O) groups excluding carboxylic acids is 6. The second-order valence-electron chi connectivity index (χ2n) is 12.9. The number of rotatable bonds is 12. The standard InChI is InChI=1S/C36H34N4O7.C9H7ClO3/c1-4-47-32-22-26(16-19-31(32)45-2)30-9-6-20-40(39-30)35(43)27-7-5-8-29(21-27)38-34(42)24-14-17-28(18-15-24)37-33(41)23-10-12-25(13-11-23)36(44)46-3;1-13-9(12)7-4-2-6(3-5-7)8(10)11/h5,7-8,10-19,21-22H,4,6,9,20H2,1-3H3,(H,37,41)(H,38,42);2-5H,1H3. The first-order valence-corrected chi connectivity index (χ1v) is 18.9. The highest BCUT2D eigenvalue weighted by Gasteiger charge is 2.22. The van der Waals surface area contributed by atoms with E-state index < -0.39 is 17.2 Å². The molecule has 6 rings (SSSR count). The van der Waals surface area contributed by atoms with Crippen LogP contribution in [0, 0.1) is 0 Å². The Kier molecular flexibility index (Phi) is 15.3. The Hall–Kier alpha value is -7.32. The molecule has 1 aliphatic heterocycles. The Labute approximate surface area is 351 Å². The minimum atomic E-state index is -0.545. The summed E-state index contributed by atoms with van der Waals surface area (Å²) < 4.78 is 20.2. The summed E-state index contributed by atoms with van der Waals surface area (Å²) in [5.41, 5.74) is 4.75. The summed E-state index contributed by atoms with van der Waals surface area (Å²) in [6.07, 6.45) is 1.46. The number of benzene rings is 5. The van der Waals surface area contributed by atoms with Crippen molar-refractivity contribution < 1.29 is 47.7 Å². The van der Waals surface area contributed by atoms with E-state index in [0.717, 1.165) is 17.7 Å². The summed E-state index contributed by atoms with van der Waals surface area (Å²) >= 11 is 5.21. The van der Waals surface area contributed by atoms with Crippen LogP contribution in [-0.4, -0.2) is 80.1 Å². The lowest BCUT2D eigenvalue weighted by Gasteiger charge is -2.24. The van der Waals surface area contributed by atoms with Crippen LogP contribution >= 0.6 is 11.6 Å². The van der Waals surface area contributed by atoms with Crippen LogP contribution in [0.2, 0.25) is 0 Å². The van der Waals surface area contributed by atoms with E-state index in [1.165, 1.54) is 67.8 Å². The van der Waals surface area contributed by atoms with E-state index >= 15 is 0 Å². The smallest absolute Gasteiger partial charge is 0.337 e. The summed E-state index contributed by atoms with van der Waals surface area (Å²) in [7, 11) is 4.17. The number of hydrogen-bond donors (Lipinski definition) is 2. The highest BCUT2D eigenvalue weighted by Crippen LogP contribution is 2.30. The molecule has 60 heavy (non-hydrogen) atoms. The van der Waals surface area contributed by atoms with Crippen molar-refractivity contribution in [1.29, 1.82) is 0 Å². The average molecular weight is 833 g/mol. The Morgan fingerprint density at radius 1 is 0.633 bits per heavy atom. The molecule has 0 fully saturated rings. The Morgan fingerprint density at radius 3 is 1.73 bits per heavy atom. The highest BCUT2D eigenvalue weighted by atomic mass is 35.5. The summed E-state index contributed by atoms with van der Waals surface area (Å²) in [6.45, 7) is 2.86. The Bertz CT molecular complexity index is 2400. The minimum Gasteiger partial charge on any atom is -0.493 e. The van der Waals surface area contributed by atoms with Gasteiger partial charge >= 0.3 is 11.9 Å². The second-order valence-corrected chi connectivity index (χ2v) is 13.2. The number of esters is 2. The van der Waals surface area contributed by atoms with Gasteiger partial charge in [0.15, 0.2) is 11.5 Å². The molecule has 308 valence electrons. The monoisotopic (exact) mass is 832 g/mol. The van der Waals surface area contributed by atoms with Crippen LogP contribution in [0.25, 0.3) is 0 Å². The maximum atomic E-state index is 13.4. The lowest BCUT2D eigenvalue weighted by molar-refractivity contribution is 0.0592. The molecule has 0 bridgehead atoms. The molecule has 0 saturated heterocycles. The van der Waals surface area contributed by atoms with Crippen LogP contribution in [0.1, 0.15) is 87.5 Å². The van der Waals surface area contributed by atoms with Gasteiger partial charge in [0.2, 0.25) is 0 Å². The molecule has 0 atom stereocenters. The van der Waals surface area contributed by atoms with Crippen molar-refractivity contribution in [2.75, 3.05) is 45.1 Å². The third-order valence-corrected chi connectivity index (χ3v) is 9.15. The number of ether oxygens (including phenoxy) is 4. The first kappa shape index (κ1) is 43.8. The zero-order valence-electron chi connectivity index (χ0n) is 33.2. The third kappa shape index (κ3) is 11.4.